The van der Waals surface area contributed by atoms with Gasteiger partial charge in [0.1, 0.15) is 10.7 Å². The summed E-state index contributed by atoms with van der Waals surface area (Å²) in [5.74, 6) is 0.198. The van der Waals surface area contributed by atoms with E-state index in [-0.39, 0.29) is 17.2 Å². The van der Waals surface area contributed by atoms with Crippen LogP contribution in [0, 0.1) is 5.41 Å². The summed E-state index contributed by atoms with van der Waals surface area (Å²) < 4.78 is 1.30. The molecule has 1 aromatic carbocycles. The molecule has 0 aliphatic heterocycles. The monoisotopic (exact) mass is 482 g/mol. The summed E-state index contributed by atoms with van der Waals surface area (Å²) in [6.07, 6.45) is 7.76. The molecule has 33 heavy (non-hydrogen) atoms. The van der Waals surface area contributed by atoms with Gasteiger partial charge >= 0.3 is 6.03 Å². The van der Waals surface area contributed by atoms with Crippen molar-refractivity contribution in [3.8, 4) is 10.6 Å². The molecular weight excluding hydrogens is 456 g/mol. The first kappa shape index (κ1) is 22.2. The molecule has 2 aliphatic rings. The molecule has 0 bridgehead atoms. The molecular formula is C25H27ClN4O2S. The molecule has 0 unspecified atom stereocenters. The lowest BCUT2D eigenvalue weighted by molar-refractivity contribution is 0.0914. The quantitative estimate of drug-likeness (QED) is 0.426. The summed E-state index contributed by atoms with van der Waals surface area (Å²) >= 11 is 7.52. The maximum atomic E-state index is 13.1. The van der Waals surface area contributed by atoms with Gasteiger partial charge in [-0.2, -0.15) is 9.78 Å². The van der Waals surface area contributed by atoms with Crippen LogP contribution in [0.15, 0.2) is 36.5 Å². The van der Waals surface area contributed by atoms with Crippen LogP contribution in [-0.4, -0.2) is 27.6 Å². The van der Waals surface area contributed by atoms with Gasteiger partial charge in [-0.05, 0) is 60.6 Å². The Morgan fingerprint density at radius 1 is 1.15 bits per heavy atom. The summed E-state index contributed by atoms with van der Waals surface area (Å²) in [6, 6.07) is 8.85. The SMILES string of the molecule is CC1(C)CC(=O)c2c(NC3CCCC3)sc(-c3ccn(C(=O)Nc4ccc(Cl)cc4)n3)c2C1. The number of carbonyl (C=O) groups is 2. The molecule has 0 saturated heterocycles. The van der Waals surface area contributed by atoms with Crippen LogP contribution in [0.3, 0.4) is 0 Å². The van der Waals surface area contributed by atoms with Gasteiger partial charge in [-0.1, -0.05) is 38.3 Å². The number of hydrogen-bond acceptors (Lipinski definition) is 5. The number of thiophene rings is 1. The molecule has 172 valence electrons. The van der Waals surface area contributed by atoms with Crippen molar-refractivity contribution >= 4 is 45.4 Å². The number of carbonyl (C=O) groups excluding carboxylic acids is 2. The molecule has 5 rings (SSSR count). The van der Waals surface area contributed by atoms with Gasteiger partial charge in [0, 0.05) is 29.4 Å². The molecule has 6 nitrogen and oxygen atoms in total. The molecule has 0 radical (unpaired) electrons. The number of aromatic nitrogens is 2. The van der Waals surface area contributed by atoms with Crippen molar-refractivity contribution < 1.29 is 9.59 Å². The molecule has 2 N–H and O–H groups in total. The lowest BCUT2D eigenvalue weighted by Gasteiger charge is -2.29. The Morgan fingerprint density at radius 3 is 2.61 bits per heavy atom. The Morgan fingerprint density at radius 2 is 1.88 bits per heavy atom. The molecule has 0 spiro atoms. The summed E-state index contributed by atoms with van der Waals surface area (Å²) in [5, 5.41) is 12.6. The van der Waals surface area contributed by atoms with E-state index in [1.807, 2.05) is 6.07 Å². The fourth-order valence-corrected chi connectivity index (χ4v) is 6.23. The second-order valence-corrected chi connectivity index (χ2v) is 11.2. The first-order valence-corrected chi connectivity index (χ1v) is 12.6. The predicted molar refractivity (Wildman–Crippen MR) is 134 cm³/mol. The fraction of sp³-hybridized carbons (Fsp3) is 0.400. The van der Waals surface area contributed by atoms with Crippen molar-refractivity contribution in [2.24, 2.45) is 5.41 Å². The molecule has 1 saturated carbocycles. The Hall–Kier alpha value is -2.64. The molecule has 2 aromatic heterocycles. The van der Waals surface area contributed by atoms with Crippen molar-refractivity contribution in [3.05, 3.63) is 52.7 Å². The van der Waals surface area contributed by atoms with E-state index >= 15 is 0 Å². The number of benzene rings is 1. The van der Waals surface area contributed by atoms with Crippen LogP contribution in [0.5, 0.6) is 0 Å². The Bertz CT molecular complexity index is 1210. The number of nitrogens with one attached hydrogen (secondary N) is 2. The first-order valence-electron chi connectivity index (χ1n) is 11.4. The standard InChI is InChI=1S/C25H27ClN4O2S/c1-25(2)13-18-21(20(31)14-25)23(27-16-5-3-4-6-16)33-22(18)19-11-12-30(29-19)24(32)28-17-9-7-15(26)8-10-17/h7-12,16,27H,3-6,13-14H2,1-2H3,(H,28,32). The number of nitrogens with zero attached hydrogens (tertiary/aromatic N) is 2. The second-order valence-electron chi connectivity index (χ2n) is 9.76. The van der Waals surface area contributed by atoms with Crippen LogP contribution >= 0.6 is 22.9 Å². The van der Waals surface area contributed by atoms with Crippen LogP contribution in [0.25, 0.3) is 10.6 Å². The van der Waals surface area contributed by atoms with Gasteiger partial charge < -0.3 is 10.6 Å². The third kappa shape index (κ3) is 4.57. The Balaban J connectivity index is 1.46. The second kappa shape index (κ2) is 8.61. The number of Topliss-reactive ketones (excluding diaryl/α,β-unsaturated/α-hetero) is 1. The normalized spacial score (nSPS) is 17.7. The molecule has 1 amide bonds. The van der Waals surface area contributed by atoms with E-state index in [0.717, 1.165) is 40.3 Å². The smallest absolute Gasteiger partial charge is 0.346 e. The van der Waals surface area contributed by atoms with E-state index in [9.17, 15) is 9.59 Å². The van der Waals surface area contributed by atoms with Gasteiger partial charge in [-0.3, -0.25) is 4.79 Å². The van der Waals surface area contributed by atoms with E-state index < -0.39 is 0 Å². The van der Waals surface area contributed by atoms with Crippen LogP contribution in [0.4, 0.5) is 15.5 Å². The lowest BCUT2D eigenvalue weighted by Crippen LogP contribution is -2.27. The Kier molecular flexibility index (Phi) is 5.79. The van der Waals surface area contributed by atoms with Gasteiger partial charge in [0.2, 0.25) is 0 Å². The van der Waals surface area contributed by atoms with Gasteiger partial charge in [0.05, 0.1) is 10.4 Å². The summed E-state index contributed by atoms with van der Waals surface area (Å²) in [7, 11) is 0. The number of rotatable bonds is 4. The average Bonchev–Trinajstić information content (AvgIpc) is 3.49. The number of anilines is 2. The van der Waals surface area contributed by atoms with Crippen LogP contribution in [0.2, 0.25) is 5.02 Å². The minimum atomic E-state index is -0.352. The van der Waals surface area contributed by atoms with Crippen LogP contribution < -0.4 is 10.6 Å². The zero-order chi connectivity index (χ0) is 23.2. The van der Waals surface area contributed by atoms with E-state index in [2.05, 4.69) is 29.6 Å². The topological polar surface area (TPSA) is 76.0 Å². The zero-order valence-corrected chi connectivity index (χ0v) is 20.4. The maximum absolute atomic E-state index is 13.1. The highest BCUT2D eigenvalue weighted by atomic mass is 35.5. The number of ketones is 1. The summed E-state index contributed by atoms with van der Waals surface area (Å²) in [6.45, 7) is 4.27. The van der Waals surface area contributed by atoms with Gasteiger partial charge in [-0.25, -0.2) is 4.79 Å². The first-order chi connectivity index (χ1) is 15.8. The predicted octanol–water partition coefficient (Wildman–Crippen LogP) is 6.85. The maximum Gasteiger partial charge on any atom is 0.346 e. The zero-order valence-electron chi connectivity index (χ0n) is 18.8. The van der Waals surface area contributed by atoms with Crippen molar-refractivity contribution in [1.82, 2.24) is 9.78 Å². The van der Waals surface area contributed by atoms with E-state index in [1.165, 1.54) is 17.5 Å². The van der Waals surface area contributed by atoms with Gasteiger partial charge in [0.15, 0.2) is 5.78 Å². The molecule has 1 fully saturated rings. The summed E-state index contributed by atoms with van der Waals surface area (Å²) in [4.78, 5) is 26.8. The number of amides is 1. The Labute approximate surface area is 202 Å². The largest absolute Gasteiger partial charge is 0.374 e. The number of hydrogen-bond donors (Lipinski definition) is 2. The average molecular weight is 483 g/mol. The van der Waals surface area contributed by atoms with E-state index in [1.54, 1.807) is 41.8 Å². The van der Waals surface area contributed by atoms with E-state index in [4.69, 9.17) is 11.6 Å². The third-order valence-corrected chi connectivity index (χ3v) is 7.83. The minimum Gasteiger partial charge on any atom is -0.374 e. The summed E-state index contributed by atoms with van der Waals surface area (Å²) in [5.41, 5.74) is 3.16. The van der Waals surface area contributed by atoms with Crippen molar-refractivity contribution in [3.63, 3.8) is 0 Å². The van der Waals surface area contributed by atoms with Crippen LogP contribution in [-0.2, 0) is 6.42 Å². The van der Waals surface area contributed by atoms with Crippen molar-refractivity contribution in [1.29, 1.82) is 0 Å². The highest BCUT2D eigenvalue weighted by molar-refractivity contribution is 7.20. The van der Waals surface area contributed by atoms with Crippen LogP contribution in [0.1, 0.15) is 61.9 Å². The van der Waals surface area contributed by atoms with Gasteiger partial charge in [-0.15, -0.1) is 11.3 Å². The molecule has 3 aromatic rings. The molecule has 0 atom stereocenters. The van der Waals surface area contributed by atoms with Crippen molar-refractivity contribution in [2.45, 2.75) is 58.4 Å². The number of fused-ring (bicyclic) bond motifs is 1. The minimum absolute atomic E-state index is 0.0982. The highest BCUT2D eigenvalue weighted by Gasteiger charge is 2.37. The molecule has 8 heteroatoms. The number of halogens is 1. The fourth-order valence-electron chi connectivity index (χ4n) is 4.83. The van der Waals surface area contributed by atoms with E-state index in [0.29, 0.717) is 28.9 Å². The van der Waals surface area contributed by atoms with Crippen molar-refractivity contribution in [2.75, 3.05) is 10.6 Å². The highest BCUT2D eigenvalue weighted by Crippen LogP contribution is 2.48. The lowest BCUT2D eigenvalue weighted by atomic mass is 9.74. The third-order valence-electron chi connectivity index (χ3n) is 6.40. The molecule has 2 heterocycles. The molecule has 2 aliphatic carbocycles. The van der Waals surface area contributed by atoms with Gasteiger partial charge in [0.25, 0.3) is 0 Å².